The summed E-state index contributed by atoms with van der Waals surface area (Å²) in [4.78, 5) is 29.5. The number of ether oxygens (including phenoxy) is 1. The van der Waals surface area contributed by atoms with Crippen LogP contribution < -0.4 is 15.4 Å². The SMILES string of the molecule is CC(=O)N1CCc2nc(N3CCC(Oc4ccc(F)cc4F)CC3)c(/C(C=NCCF)=C/N)nc2C1. The number of carbonyl (C=O) groups excluding carboxylic acids is 1. The van der Waals surface area contributed by atoms with E-state index in [0.29, 0.717) is 68.2 Å². The lowest BCUT2D eigenvalue weighted by molar-refractivity contribution is -0.129. The van der Waals surface area contributed by atoms with E-state index in [0.717, 1.165) is 11.8 Å². The van der Waals surface area contributed by atoms with E-state index in [1.807, 2.05) is 0 Å². The van der Waals surface area contributed by atoms with Crippen LogP contribution in [-0.4, -0.2) is 65.9 Å². The standard InChI is InChI=1S/C25H29F3N6O2/c1-16(35)34-11-6-21-22(15-34)31-24(17(13-29)14-30-8-7-26)25(32-21)33-9-4-19(5-10-33)36-23-3-2-18(27)12-20(23)28/h2-3,12-14,19H,4-11,15,29H2,1H3/b17-13+,30-14?. The highest BCUT2D eigenvalue weighted by Gasteiger charge is 2.29. The number of allylic oxidation sites excluding steroid dienone is 1. The number of fused-ring (bicyclic) bond motifs is 1. The fraction of sp³-hybridized carbons (Fsp3) is 0.440. The summed E-state index contributed by atoms with van der Waals surface area (Å²) in [7, 11) is 0. The average molecular weight is 503 g/mol. The number of aliphatic imine (C=N–C) groups is 1. The van der Waals surface area contributed by atoms with Gasteiger partial charge in [0.05, 0.1) is 24.5 Å². The fourth-order valence-electron chi connectivity index (χ4n) is 4.34. The van der Waals surface area contributed by atoms with Gasteiger partial charge in [0.25, 0.3) is 0 Å². The van der Waals surface area contributed by atoms with Crippen LogP contribution in [0.1, 0.15) is 36.8 Å². The molecule has 192 valence electrons. The van der Waals surface area contributed by atoms with Crippen molar-refractivity contribution in [3.8, 4) is 5.75 Å². The number of amides is 1. The first-order valence-electron chi connectivity index (χ1n) is 11.9. The number of anilines is 1. The summed E-state index contributed by atoms with van der Waals surface area (Å²) in [5.74, 6) is -0.771. The number of rotatable bonds is 7. The summed E-state index contributed by atoms with van der Waals surface area (Å²) >= 11 is 0. The van der Waals surface area contributed by atoms with Gasteiger partial charge in [0.2, 0.25) is 5.91 Å². The second kappa shape index (κ2) is 11.4. The van der Waals surface area contributed by atoms with Gasteiger partial charge in [-0.15, -0.1) is 0 Å². The number of carbonyl (C=O) groups is 1. The van der Waals surface area contributed by atoms with Crippen molar-refractivity contribution in [3.63, 3.8) is 0 Å². The first kappa shape index (κ1) is 25.5. The second-order valence-corrected chi connectivity index (χ2v) is 8.71. The predicted molar refractivity (Wildman–Crippen MR) is 131 cm³/mol. The molecule has 36 heavy (non-hydrogen) atoms. The molecule has 8 nitrogen and oxygen atoms in total. The molecule has 1 aromatic carbocycles. The number of piperidine rings is 1. The monoisotopic (exact) mass is 502 g/mol. The third kappa shape index (κ3) is 5.77. The van der Waals surface area contributed by atoms with Gasteiger partial charge in [0.15, 0.2) is 17.4 Å². The lowest BCUT2D eigenvalue weighted by Crippen LogP contribution is -2.40. The maximum atomic E-state index is 14.0. The van der Waals surface area contributed by atoms with E-state index < -0.39 is 18.3 Å². The molecule has 1 saturated heterocycles. The maximum absolute atomic E-state index is 14.0. The molecule has 1 amide bonds. The highest BCUT2D eigenvalue weighted by Crippen LogP contribution is 2.30. The summed E-state index contributed by atoms with van der Waals surface area (Å²) in [6, 6.07) is 3.27. The molecule has 0 radical (unpaired) electrons. The van der Waals surface area contributed by atoms with Gasteiger partial charge in [-0.3, -0.25) is 9.79 Å². The molecule has 2 aliphatic heterocycles. The number of nitrogens with two attached hydrogens (primary N) is 1. The third-order valence-electron chi connectivity index (χ3n) is 6.26. The zero-order chi connectivity index (χ0) is 25.7. The van der Waals surface area contributed by atoms with Gasteiger partial charge in [-0.25, -0.2) is 23.1 Å². The van der Waals surface area contributed by atoms with Crippen molar-refractivity contribution < 1.29 is 22.7 Å². The summed E-state index contributed by atoms with van der Waals surface area (Å²) in [6.45, 7) is 2.97. The van der Waals surface area contributed by atoms with E-state index in [9.17, 15) is 18.0 Å². The molecule has 0 unspecified atom stereocenters. The van der Waals surface area contributed by atoms with Crippen LogP contribution in [-0.2, 0) is 17.8 Å². The first-order chi connectivity index (χ1) is 17.4. The lowest BCUT2D eigenvalue weighted by atomic mass is 10.0. The van der Waals surface area contributed by atoms with Crippen molar-refractivity contribution in [2.24, 2.45) is 10.7 Å². The Morgan fingerprint density at radius 2 is 2.00 bits per heavy atom. The summed E-state index contributed by atoms with van der Waals surface area (Å²) in [5.41, 5.74) is 8.41. The van der Waals surface area contributed by atoms with Gasteiger partial charge in [-0.1, -0.05) is 0 Å². The van der Waals surface area contributed by atoms with Crippen LogP contribution in [0, 0.1) is 11.6 Å². The molecule has 0 aliphatic carbocycles. The highest BCUT2D eigenvalue weighted by molar-refractivity contribution is 6.10. The van der Waals surface area contributed by atoms with Crippen molar-refractivity contribution in [2.75, 3.05) is 37.8 Å². The molecule has 2 aliphatic rings. The normalized spacial score (nSPS) is 16.9. The Labute approximate surface area is 207 Å². The van der Waals surface area contributed by atoms with Crippen LogP contribution in [0.2, 0.25) is 0 Å². The summed E-state index contributed by atoms with van der Waals surface area (Å²) in [5, 5.41) is 0. The van der Waals surface area contributed by atoms with Gasteiger partial charge < -0.3 is 20.3 Å². The minimum atomic E-state index is -0.731. The van der Waals surface area contributed by atoms with E-state index in [4.69, 9.17) is 20.4 Å². The second-order valence-electron chi connectivity index (χ2n) is 8.71. The van der Waals surface area contributed by atoms with Gasteiger partial charge in [-0.05, 0) is 12.1 Å². The van der Waals surface area contributed by atoms with E-state index in [1.54, 1.807) is 4.90 Å². The molecule has 3 heterocycles. The molecule has 1 aromatic heterocycles. The number of halogens is 3. The molecular weight excluding hydrogens is 473 g/mol. The van der Waals surface area contributed by atoms with Crippen molar-refractivity contribution in [1.29, 1.82) is 0 Å². The van der Waals surface area contributed by atoms with Gasteiger partial charge >= 0.3 is 0 Å². The van der Waals surface area contributed by atoms with E-state index >= 15 is 0 Å². The van der Waals surface area contributed by atoms with Crippen molar-refractivity contribution in [1.82, 2.24) is 14.9 Å². The molecule has 0 atom stereocenters. The number of nitrogens with zero attached hydrogens (tertiary/aromatic N) is 5. The Kier molecular flexibility index (Phi) is 8.07. The average Bonchev–Trinajstić information content (AvgIpc) is 2.88. The Bertz CT molecular complexity index is 1160. The van der Waals surface area contributed by atoms with Crippen molar-refractivity contribution in [2.45, 2.75) is 38.8 Å². The van der Waals surface area contributed by atoms with Crippen LogP contribution in [0.4, 0.5) is 19.0 Å². The largest absolute Gasteiger partial charge is 0.487 e. The number of hydrogen-bond donors (Lipinski definition) is 1. The molecular formula is C25H29F3N6O2. The van der Waals surface area contributed by atoms with E-state index in [-0.39, 0.29) is 24.3 Å². The minimum Gasteiger partial charge on any atom is -0.487 e. The van der Waals surface area contributed by atoms with Crippen LogP contribution in [0.3, 0.4) is 0 Å². The van der Waals surface area contributed by atoms with Gasteiger partial charge in [0, 0.05) is 69.9 Å². The number of benzene rings is 1. The Morgan fingerprint density at radius 3 is 2.67 bits per heavy atom. The predicted octanol–water partition coefficient (Wildman–Crippen LogP) is 3.05. The van der Waals surface area contributed by atoms with Crippen molar-refractivity contribution in [3.05, 3.63) is 53.1 Å². The molecule has 2 N–H and O–H groups in total. The molecule has 0 bridgehead atoms. The molecule has 1 fully saturated rings. The molecule has 11 heteroatoms. The topological polar surface area (TPSA) is 96.9 Å². The Balaban J connectivity index is 1.57. The Hall–Kier alpha value is -3.63. The van der Waals surface area contributed by atoms with Crippen molar-refractivity contribution >= 4 is 23.5 Å². The summed E-state index contributed by atoms with van der Waals surface area (Å²) in [6.07, 6.45) is 4.36. The van der Waals surface area contributed by atoms with Gasteiger partial charge in [-0.2, -0.15) is 0 Å². The first-order valence-corrected chi connectivity index (χ1v) is 11.9. The smallest absolute Gasteiger partial charge is 0.219 e. The highest BCUT2D eigenvalue weighted by atomic mass is 19.1. The van der Waals surface area contributed by atoms with Crippen LogP contribution in [0.25, 0.3) is 5.57 Å². The van der Waals surface area contributed by atoms with Crippen LogP contribution in [0.15, 0.2) is 29.4 Å². The molecule has 0 spiro atoms. The quantitative estimate of drug-likeness (QED) is 0.585. The zero-order valence-electron chi connectivity index (χ0n) is 20.1. The molecule has 0 saturated carbocycles. The Morgan fingerprint density at radius 1 is 1.22 bits per heavy atom. The maximum Gasteiger partial charge on any atom is 0.219 e. The van der Waals surface area contributed by atoms with E-state index in [1.165, 1.54) is 31.5 Å². The third-order valence-corrected chi connectivity index (χ3v) is 6.26. The van der Waals surface area contributed by atoms with Crippen LogP contribution in [0.5, 0.6) is 5.75 Å². The van der Waals surface area contributed by atoms with E-state index in [2.05, 4.69) is 9.89 Å². The number of hydrogen-bond acceptors (Lipinski definition) is 7. The molecule has 2 aromatic rings. The van der Waals surface area contributed by atoms with Gasteiger partial charge in [0.1, 0.15) is 24.3 Å². The lowest BCUT2D eigenvalue weighted by Gasteiger charge is -2.35. The molecule has 4 rings (SSSR count). The zero-order valence-corrected chi connectivity index (χ0v) is 20.1. The number of alkyl halides is 1. The van der Waals surface area contributed by atoms with Crippen LogP contribution >= 0.6 is 0 Å². The number of aromatic nitrogens is 2. The fourth-order valence-corrected chi connectivity index (χ4v) is 4.34. The minimum absolute atomic E-state index is 0.00579. The summed E-state index contributed by atoms with van der Waals surface area (Å²) < 4.78 is 45.6.